The van der Waals surface area contributed by atoms with E-state index >= 15 is 0 Å². The topological polar surface area (TPSA) is 52.6 Å². The maximum atomic E-state index is 12.8. The molecule has 5 heteroatoms. The number of likely N-dealkylation sites (tertiary alicyclic amines) is 1. The van der Waals surface area contributed by atoms with E-state index in [1.807, 2.05) is 13.8 Å². The summed E-state index contributed by atoms with van der Waals surface area (Å²) >= 11 is 0. The highest BCUT2D eigenvalue weighted by Gasteiger charge is 2.37. The van der Waals surface area contributed by atoms with E-state index < -0.39 is 6.09 Å². The Bertz CT molecular complexity index is 473. The number of carboxylic acid groups (broad SMARTS) is 1. The number of amides is 1. The third kappa shape index (κ3) is 3.48. The van der Waals surface area contributed by atoms with E-state index in [4.69, 9.17) is 5.11 Å². The SMILES string of the molecule is CC1(C)C[C@@H](NCc2ccc(F)cc2)CCN1C(=O)O. The maximum Gasteiger partial charge on any atom is 0.407 e. The number of rotatable bonds is 3. The Labute approximate surface area is 118 Å². The van der Waals surface area contributed by atoms with Gasteiger partial charge in [0.1, 0.15) is 5.82 Å². The summed E-state index contributed by atoms with van der Waals surface area (Å²) in [6.07, 6.45) is 0.726. The molecule has 0 spiro atoms. The van der Waals surface area contributed by atoms with Crippen molar-refractivity contribution in [2.24, 2.45) is 0 Å². The van der Waals surface area contributed by atoms with Crippen LogP contribution in [0.3, 0.4) is 0 Å². The Morgan fingerprint density at radius 2 is 2.10 bits per heavy atom. The van der Waals surface area contributed by atoms with Gasteiger partial charge in [0.05, 0.1) is 0 Å². The fraction of sp³-hybridized carbons (Fsp3) is 0.533. The Hall–Kier alpha value is -1.62. The van der Waals surface area contributed by atoms with Crippen molar-refractivity contribution in [1.29, 1.82) is 0 Å². The van der Waals surface area contributed by atoms with Crippen LogP contribution in [0.25, 0.3) is 0 Å². The summed E-state index contributed by atoms with van der Waals surface area (Å²) in [5, 5.41) is 12.6. The Kier molecular flexibility index (Phi) is 4.28. The molecular weight excluding hydrogens is 259 g/mol. The summed E-state index contributed by atoms with van der Waals surface area (Å²) < 4.78 is 12.8. The first kappa shape index (κ1) is 14.8. The zero-order valence-electron chi connectivity index (χ0n) is 11.9. The van der Waals surface area contributed by atoms with Crippen LogP contribution in [0.4, 0.5) is 9.18 Å². The van der Waals surface area contributed by atoms with E-state index in [1.165, 1.54) is 17.0 Å². The van der Waals surface area contributed by atoms with Gasteiger partial charge in [-0.3, -0.25) is 0 Å². The van der Waals surface area contributed by atoms with Gasteiger partial charge in [-0.2, -0.15) is 0 Å². The lowest BCUT2D eigenvalue weighted by atomic mass is 9.87. The molecule has 1 aliphatic heterocycles. The molecule has 2 N–H and O–H groups in total. The molecule has 0 unspecified atom stereocenters. The van der Waals surface area contributed by atoms with Crippen LogP contribution < -0.4 is 5.32 Å². The second-order valence-corrected chi connectivity index (χ2v) is 5.94. The molecule has 110 valence electrons. The summed E-state index contributed by atoms with van der Waals surface area (Å²) in [5.74, 6) is -0.232. The van der Waals surface area contributed by atoms with E-state index in [9.17, 15) is 9.18 Å². The Balaban J connectivity index is 1.89. The van der Waals surface area contributed by atoms with Crippen LogP contribution in [0.15, 0.2) is 24.3 Å². The van der Waals surface area contributed by atoms with Crippen molar-refractivity contribution >= 4 is 6.09 Å². The van der Waals surface area contributed by atoms with Crippen LogP contribution in [0.1, 0.15) is 32.3 Å². The molecular formula is C15H21FN2O2. The van der Waals surface area contributed by atoms with E-state index in [-0.39, 0.29) is 17.4 Å². The zero-order chi connectivity index (χ0) is 14.8. The van der Waals surface area contributed by atoms with E-state index in [0.29, 0.717) is 13.1 Å². The van der Waals surface area contributed by atoms with Crippen LogP contribution in [0.5, 0.6) is 0 Å². The minimum absolute atomic E-state index is 0.232. The van der Waals surface area contributed by atoms with Gasteiger partial charge in [0, 0.05) is 24.7 Å². The molecule has 0 radical (unpaired) electrons. The standard InChI is InChI=1S/C15H21FN2O2/c1-15(2)9-13(7-8-18(15)14(19)20)17-10-11-3-5-12(16)6-4-11/h3-6,13,17H,7-10H2,1-2H3,(H,19,20)/t13-/m0/s1. The fourth-order valence-electron chi connectivity index (χ4n) is 2.80. The summed E-state index contributed by atoms with van der Waals surface area (Å²) in [6, 6.07) is 6.72. The molecule has 0 saturated carbocycles. The van der Waals surface area contributed by atoms with Gasteiger partial charge in [0.2, 0.25) is 0 Å². The number of hydrogen-bond acceptors (Lipinski definition) is 2. The van der Waals surface area contributed by atoms with Crippen molar-refractivity contribution in [3.8, 4) is 0 Å². The minimum Gasteiger partial charge on any atom is -0.465 e. The van der Waals surface area contributed by atoms with E-state index in [2.05, 4.69) is 5.32 Å². The second-order valence-electron chi connectivity index (χ2n) is 5.94. The number of benzene rings is 1. The van der Waals surface area contributed by atoms with Gasteiger partial charge in [0.25, 0.3) is 0 Å². The molecule has 4 nitrogen and oxygen atoms in total. The molecule has 2 rings (SSSR count). The van der Waals surface area contributed by atoms with Gasteiger partial charge in [-0.05, 0) is 44.4 Å². The first-order valence-corrected chi connectivity index (χ1v) is 6.87. The van der Waals surface area contributed by atoms with Crippen LogP contribution in [0, 0.1) is 5.82 Å². The average Bonchev–Trinajstić information content (AvgIpc) is 2.36. The molecule has 0 aliphatic carbocycles. The quantitative estimate of drug-likeness (QED) is 0.895. The molecule has 20 heavy (non-hydrogen) atoms. The van der Waals surface area contributed by atoms with Gasteiger partial charge in [-0.25, -0.2) is 9.18 Å². The first-order chi connectivity index (χ1) is 9.38. The molecule has 1 atom stereocenters. The number of nitrogens with one attached hydrogen (secondary N) is 1. The zero-order valence-corrected chi connectivity index (χ0v) is 11.9. The molecule has 1 aromatic rings. The van der Waals surface area contributed by atoms with Gasteiger partial charge in [-0.1, -0.05) is 12.1 Å². The largest absolute Gasteiger partial charge is 0.465 e. The van der Waals surface area contributed by atoms with Crippen LogP contribution in [0.2, 0.25) is 0 Å². The van der Waals surface area contributed by atoms with Gasteiger partial charge in [0.15, 0.2) is 0 Å². The second kappa shape index (κ2) is 5.79. The predicted octanol–water partition coefficient (Wildman–Crippen LogP) is 2.84. The lowest BCUT2D eigenvalue weighted by Crippen LogP contribution is -2.56. The highest BCUT2D eigenvalue weighted by atomic mass is 19.1. The highest BCUT2D eigenvalue weighted by Crippen LogP contribution is 2.27. The van der Waals surface area contributed by atoms with E-state index in [1.54, 1.807) is 12.1 Å². The number of piperidine rings is 1. The molecule has 1 aliphatic rings. The van der Waals surface area contributed by atoms with Crippen molar-refractivity contribution in [3.05, 3.63) is 35.6 Å². The number of hydrogen-bond donors (Lipinski definition) is 2. The number of nitrogens with zero attached hydrogens (tertiary/aromatic N) is 1. The maximum absolute atomic E-state index is 12.8. The van der Waals surface area contributed by atoms with Gasteiger partial charge in [-0.15, -0.1) is 0 Å². The summed E-state index contributed by atoms with van der Waals surface area (Å²) in [7, 11) is 0. The van der Waals surface area contributed by atoms with Crippen molar-refractivity contribution in [1.82, 2.24) is 10.2 Å². The summed E-state index contributed by atoms with van der Waals surface area (Å²) in [5.41, 5.74) is 0.676. The van der Waals surface area contributed by atoms with Gasteiger partial charge < -0.3 is 15.3 Å². The predicted molar refractivity (Wildman–Crippen MR) is 75.1 cm³/mol. The van der Waals surface area contributed by atoms with E-state index in [0.717, 1.165) is 18.4 Å². The van der Waals surface area contributed by atoms with Crippen LogP contribution in [-0.2, 0) is 6.54 Å². The molecule has 0 bridgehead atoms. The average molecular weight is 280 g/mol. The monoisotopic (exact) mass is 280 g/mol. The molecule has 1 saturated heterocycles. The Morgan fingerprint density at radius 3 is 2.65 bits per heavy atom. The third-order valence-electron chi connectivity index (χ3n) is 3.92. The normalized spacial score (nSPS) is 21.8. The minimum atomic E-state index is -0.855. The molecule has 1 fully saturated rings. The summed E-state index contributed by atoms with van der Waals surface area (Å²) in [4.78, 5) is 12.7. The Morgan fingerprint density at radius 1 is 1.45 bits per heavy atom. The third-order valence-corrected chi connectivity index (χ3v) is 3.92. The summed E-state index contributed by atoms with van der Waals surface area (Å²) in [6.45, 7) is 5.12. The lowest BCUT2D eigenvalue weighted by Gasteiger charge is -2.44. The number of halogens is 1. The molecule has 1 amide bonds. The highest BCUT2D eigenvalue weighted by molar-refractivity contribution is 5.66. The van der Waals surface area contributed by atoms with Crippen molar-refractivity contribution < 1.29 is 14.3 Å². The van der Waals surface area contributed by atoms with Crippen LogP contribution in [-0.4, -0.2) is 34.2 Å². The van der Waals surface area contributed by atoms with Crippen LogP contribution >= 0.6 is 0 Å². The van der Waals surface area contributed by atoms with Crippen molar-refractivity contribution in [2.45, 2.75) is 44.8 Å². The molecule has 1 heterocycles. The van der Waals surface area contributed by atoms with Gasteiger partial charge >= 0.3 is 6.09 Å². The lowest BCUT2D eigenvalue weighted by molar-refractivity contribution is 0.0556. The van der Waals surface area contributed by atoms with Crippen molar-refractivity contribution in [3.63, 3.8) is 0 Å². The number of carbonyl (C=O) groups is 1. The molecule has 0 aromatic heterocycles. The fourth-order valence-corrected chi connectivity index (χ4v) is 2.80. The first-order valence-electron chi connectivity index (χ1n) is 6.87. The van der Waals surface area contributed by atoms with Crippen molar-refractivity contribution in [2.75, 3.05) is 6.54 Å². The molecule has 1 aromatic carbocycles. The smallest absolute Gasteiger partial charge is 0.407 e.